The SMILES string of the molecule is CCC(C(=O)N(Cc1cc(NC(=O)COC)ccc1N(C)C)C1CC1)c1ccccc1. The van der Waals surface area contributed by atoms with Gasteiger partial charge in [-0.05, 0) is 48.6 Å². The van der Waals surface area contributed by atoms with Crippen molar-refractivity contribution in [2.24, 2.45) is 0 Å². The Labute approximate surface area is 185 Å². The van der Waals surface area contributed by atoms with Crippen molar-refractivity contribution < 1.29 is 14.3 Å². The van der Waals surface area contributed by atoms with Gasteiger partial charge in [-0.25, -0.2) is 0 Å². The van der Waals surface area contributed by atoms with Crippen LogP contribution < -0.4 is 10.2 Å². The van der Waals surface area contributed by atoms with Gasteiger partial charge in [0.1, 0.15) is 6.61 Å². The fourth-order valence-electron chi connectivity index (χ4n) is 3.95. The molecule has 0 radical (unpaired) electrons. The maximum Gasteiger partial charge on any atom is 0.250 e. The molecular formula is C25H33N3O3. The van der Waals surface area contributed by atoms with Crippen LogP contribution in [0.3, 0.4) is 0 Å². The molecule has 1 aliphatic rings. The lowest BCUT2D eigenvalue weighted by molar-refractivity contribution is -0.134. The molecule has 0 bridgehead atoms. The molecule has 31 heavy (non-hydrogen) atoms. The normalized spacial score (nSPS) is 14.1. The van der Waals surface area contributed by atoms with Crippen LogP contribution in [0.2, 0.25) is 0 Å². The van der Waals surface area contributed by atoms with E-state index in [4.69, 9.17) is 4.74 Å². The molecule has 2 aromatic carbocycles. The Morgan fingerprint density at radius 3 is 2.42 bits per heavy atom. The van der Waals surface area contributed by atoms with Crippen LogP contribution in [0.1, 0.15) is 43.2 Å². The summed E-state index contributed by atoms with van der Waals surface area (Å²) in [5, 5.41) is 2.87. The van der Waals surface area contributed by atoms with Crippen molar-refractivity contribution in [3.05, 3.63) is 59.7 Å². The number of carbonyl (C=O) groups is 2. The highest BCUT2D eigenvalue weighted by Crippen LogP contribution is 2.35. The second-order valence-corrected chi connectivity index (χ2v) is 8.29. The first kappa shape index (κ1) is 22.8. The fraction of sp³-hybridized carbons (Fsp3) is 0.440. The number of benzene rings is 2. The van der Waals surface area contributed by atoms with Gasteiger partial charge in [0.15, 0.2) is 0 Å². The Bertz CT molecular complexity index is 894. The molecule has 0 aromatic heterocycles. The van der Waals surface area contributed by atoms with E-state index in [0.717, 1.165) is 36.1 Å². The molecule has 0 aliphatic heterocycles. The highest BCUT2D eigenvalue weighted by molar-refractivity contribution is 5.92. The molecule has 6 nitrogen and oxygen atoms in total. The van der Waals surface area contributed by atoms with Crippen LogP contribution in [0, 0.1) is 0 Å². The summed E-state index contributed by atoms with van der Waals surface area (Å²) in [5.74, 6) is -0.166. The second-order valence-electron chi connectivity index (χ2n) is 8.29. The average molecular weight is 424 g/mol. The van der Waals surface area contributed by atoms with Crippen LogP contribution in [-0.2, 0) is 20.9 Å². The summed E-state index contributed by atoms with van der Waals surface area (Å²) in [6, 6.07) is 16.2. The van der Waals surface area contributed by atoms with Gasteiger partial charge in [-0.1, -0.05) is 37.3 Å². The Hall–Kier alpha value is -2.86. The molecule has 1 atom stereocenters. The van der Waals surface area contributed by atoms with Crippen molar-refractivity contribution in [2.45, 2.75) is 44.7 Å². The van der Waals surface area contributed by atoms with Crippen molar-refractivity contribution >= 4 is 23.2 Å². The van der Waals surface area contributed by atoms with E-state index in [9.17, 15) is 9.59 Å². The van der Waals surface area contributed by atoms with E-state index in [0.29, 0.717) is 12.2 Å². The van der Waals surface area contributed by atoms with Crippen LogP contribution in [0.25, 0.3) is 0 Å². The van der Waals surface area contributed by atoms with Gasteiger partial charge in [0, 0.05) is 45.2 Å². The maximum atomic E-state index is 13.6. The van der Waals surface area contributed by atoms with Crippen LogP contribution >= 0.6 is 0 Å². The van der Waals surface area contributed by atoms with E-state index < -0.39 is 0 Å². The van der Waals surface area contributed by atoms with Gasteiger partial charge >= 0.3 is 0 Å². The summed E-state index contributed by atoms with van der Waals surface area (Å²) in [6.45, 7) is 2.60. The van der Waals surface area contributed by atoms with Crippen molar-refractivity contribution in [2.75, 3.05) is 38.0 Å². The molecule has 166 valence electrons. The van der Waals surface area contributed by atoms with Gasteiger partial charge in [-0.2, -0.15) is 0 Å². The smallest absolute Gasteiger partial charge is 0.250 e. The standard InChI is InChI=1S/C25H33N3O3/c1-5-22(18-9-7-6-8-10-18)25(30)28(21-12-13-21)16-19-15-20(26-24(29)17-31-4)11-14-23(19)27(2)3/h6-11,14-15,21-22H,5,12-13,16-17H2,1-4H3,(H,26,29). The number of carbonyl (C=O) groups excluding carboxylic acids is 2. The van der Waals surface area contributed by atoms with Crippen LogP contribution in [0.4, 0.5) is 11.4 Å². The second kappa shape index (κ2) is 10.4. The number of amides is 2. The topological polar surface area (TPSA) is 61.9 Å². The molecule has 1 unspecified atom stereocenters. The summed E-state index contributed by atoms with van der Waals surface area (Å²) in [7, 11) is 5.48. The largest absolute Gasteiger partial charge is 0.377 e. The molecule has 2 amide bonds. The molecule has 3 rings (SSSR count). The van der Waals surface area contributed by atoms with E-state index in [2.05, 4.69) is 12.2 Å². The van der Waals surface area contributed by atoms with E-state index in [1.165, 1.54) is 7.11 Å². The van der Waals surface area contributed by atoms with E-state index in [1.807, 2.05) is 72.4 Å². The van der Waals surface area contributed by atoms with Gasteiger partial charge in [0.2, 0.25) is 11.8 Å². The third-order valence-corrected chi connectivity index (χ3v) is 5.64. The Morgan fingerprint density at radius 1 is 1.13 bits per heavy atom. The van der Waals surface area contributed by atoms with Crippen molar-refractivity contribution in [1.29, 1.82) is 0 Å². The van der Waals surface area contributed by atoms with Gasteiger partial charge < -0.3 is 19.9 Å². The summed E-state index contributed by atoms with van der Waals surface area (Å²) < 4.78 is 4.91. The summed E-state index contributed by atoms with van der Waals surface area (Å²) in [5.41, 5.74) is 3.83. The number of nitrogens with zero attached hydrogens (tertiary/aromatic N) is 2. The summed E-state index contributed by atoms with van der Waals surface area (Å²) >= 11 is 0. The van der Waals surface area contributed by atoms with Crippen molar-refractivity contribution in [3.63, 3.8) is 0 Å². The number of hydrogen-bond acceptors (Lipinski definition) is 4. The zero-order valence-corrected chi connectivity index (χ0v) is 18.9. The average Bonchev–Trinajstić information content (AvgIpc) is 3.58. The zero-order valence-electron chi connectivity index (χ0n) is 18.9. The van der Waals surface area contributed by atoms with Crippen molar-refractivity contribution in [1.82, 2.24) is 4.90 Å². The highest BCUT2D eigenvalue weighted by Gasteiger charge is 2.36. The molecule has 1 N–H and O–H groups in total. The summed E-state index contributed by atoms with van der Waals surface area (Å²) in [6.07, 6.45) is 2.84. The van der Waals surface area contributed by atoms with E-state index in [-0.39, 0.29) is 30.4 Å². The first-order valence-electron chi connectivity index (χ1n) is 10.9. The fourth-order valence-corrected chi connectivity index (χ4v) is 3.95. The van der Waals surface area contributed by atoms with Gasteiger partial charge in [0.25, 0.3) is 0 Å². The highest BCUT2D eigenvalue weighted by atomic mass is 16.5. The van der Waals surface area contributed by atoms with Crippen LogP contribution in [0.15, 0.2) is 48.5 Å². The quantitative estimate of drug-likeness (QED) is 0.627. The maximum absolute atomic E-state index is 13.6. The van der Waals surface area contributed by atoms with Crippen LogP contribution in [0.5, 0.6) is 0 Å². The minimum Gasteiger partial charge on any atom is -0.377 e. The Morgan fingerprint density at radius 2 is 1.84 bits per heavy atom. The monoisotopic (exact) mass is 423 g/mol. The molecular weight excluding hydrogens is 390 g/mol. The molecule has 0 spiro atoms. The Kier molecular flexibility index (Phi) is 7.69. The molecule has 0 saturated heterocycles. The molecule has 6 heteroatoms. The number of hydrogen-bond donors (Lipinski definition) is 1. The van der Waals surface area contributed by atoms with Gasteiger partial charge in [-0.3, -0.25) is 9.59 Å². The number of rotatable bonds is 10. The third-order valence-electron chi connectivity index (χ3n) is 5.64. The molecule has 1 saturated carbocycles. The van der Waals surface area contributed by atoms with Gasteiger partial charge in [0.05, 0.1) is 5.92 Å². The number of ether oxygens (including phenoxy) is 1. The predicted octanol–water partition coefficient (Wildman–Crippen LogP) is 4.02. The lowest BCUT2D eigenvalue weighted by Gasteiger charge is -2.29. The van der Waals surface area contributed by atoms with Crippen molar-refractivity contribution in [3.8, 4) is 0 Å². The lowest BCUT2D eigenvalue weighted by atomic mass is 9.94. The molecule has 1 fully saturated rings. The first-order valence-corrected chi connectivity index (χ1v) is 10.9. The minimum absolute atomic E-state index is 0.00665. The Balaban J connectivity index is 1.87. The van der Waals surface area contributed by atoms with Gasteiger partial charge in [-0.15, -0.1) is 0 Å². The number of anilines is 2. The first-order chi connectivity index (χ1) is 14.9. The minimum atomic E-state index is -0.198. The van der Waals surface area contributed by atoms with E-state index in [1.54, 1.807) is 0 Å². The van der Waals surface area contributed by atoms with Crippen LogP contribution in [-0.4, -0.2) is 50.6 Å². The van der Waals surface area contributed by atoms with E-state index >= 15 is 0 Å². The number of nitrogens with one attached hydrogen (secondary N) is 1. The molecule has 0 heterocycles. The number of methoxy groups -OCH3 is 1. The molecule has 2 aromatic rings. The third kappa shape index (κ3) is 5.85. The predicted molar refractivity (Wildman–Crippen MR) is 124 cm³/mol. The lowest BCUT2D eigenvalue weighted by Crippen LogP contribution is -2.36. The zero-order chi connectivity index (χ0) is 22.4. The summed E-state index contributed by atoms with van der Waals surface area (Å²) in [4.78, 5) is 29.7. The molecule has 1 aliphatic carbocycles.